The van der Waals surface area contributed by atoms with Crippen LogP contribution in [0.2, 0.25) is 0 Å². The molecule has 72 valence electrons. The van der Waals surface area contributed by atoms with Gasteiger partial charge >= 0.3 is 0 Å². The largest absolute Gasteiger partial charge is 0.308 e. The Kier molecular flexibility index (Phi) is 4.37. The van der Waals surface area contributed by atoms with Gasteiger partial charge in [0.15, 0.2) is 0 Å². The molecule has 0 fully saturated rings. The highest BCUT2D eigenvalue weighted by atomic mass is 79.9. The Hall–Kier alpha value is -1.11. The molecule has 0 bridgehead atoms. The van der Waals surface area contributed by atoms with Gasteiger partial charge in [0.1, 0.15) is 0 Å². The summed E-state index contributed by atoms with van der Waals surface area (Å²) in [6.07, 6.45) is 0. The summed E-state index contributed by atoms with van der Waals surface area (Å²) in [6.45, 7) is 5.26. The quantitative estimate of drug-likeness (QED) is 0.892. The first-order valence-corrected chi connectivity index (χ1v) is 5.04. The average Bonchev–Trinajstić information content (AvgIpc) is 2.18. The molecule has 3 heteroatoms. The van der Waals surface area contributed by atoms with E-state index in [1.54, 1.807) is 0 Å². The van der Waals surface area contributed by atoms with Gasteiger partial charge in [0.25, 0.3) is 0 Å². The Morgan fingerprint density at radius 3 is 2.57 bits per heavy atom. The Bertz CT molecular complexity index is 349. The van der Waals surface area contributed by atoms with Crippen LogP contribution < -0.4 is 5.32 Å². The molecule has 1 N–H and O–H groups in total. The molecular formula is C11H11BrN2. The summed E-state index contributed by atoms with van der Waals surface area (Å²) in [4.78, 5) is 0. The first-order valence-electron chi connectivity index (χ1n) is 4.25. The van der Waals surface area contributed by atoms with Crippen LogP contribution in [0.25, 0.3) is 0 Å². The number of nitriles is 1. The lowest BCUT2D eigenvalue weighted by atomic mass is 10.1. The summed E-state index contributed by atoms with van der Waals surface area (Å²) in [5, 5.41) is 11.8. The van der Waals surface area contributed by atoms with Crippen LogP contribution in [0.15, 0.2) is 35.3 Å². The lowest BCUT2D eigenvalue weighted by Crippen LogP contribution is -2.14. The van der Waals surface area contributed by atoms with Gasteiger partial charge in [-0.05, 0) is 17.7 Å². The highest BCUT2D eigenvalue weighted by Gasteiger charge is 1.93. The average molecular weight is 251 g/mol. The molecule has 1 aromatic carbocycles. The topological polar surface area (TPSA) is 35.8 Å². The Labute approximate surface area is 92.4 Å². The third-order valence-electron chi connectivity index (χ3n) is 1.73. The Balaban J connectivity index is 2.45. The number of nitrogens with zero attached hydrogens (tertiary/aromatic N) is 1. The van der Waals surface area contributed by atoms with Gasteiger partial charge in [0.2, 0.25) is 0 Å². The standard InChI is InChI=1S/C11H11BrN2/c1-9(12)7-14-8-11-4-2-10(6-13)3-5-11/h2-5,14H,1,7-8H2. The highest BCUT2D eigenvalue weighted by Crippen LogP contribution is 2.03. The molecule has 14 heavy (non-hydrogen) atoms. The summed E-state index contributed by atoms with van der Waals surface area (Å²) in [5.74, 6) is 0. The van der Waals surface area contributed by atoms with Gasteiger partial charge in [0.05, 0.1) is 11.6 Å². The number of hydrogen-bond acceptors (Lipinski definition) is 2. The molecule has 0 amide bonds. The van der Waals surface area contributed by atoms with Crippen molar-refractivity contribution in [2.75, 3.05) is 6.54 Å². The van der Waals surface area contributed by atoms with E-state index in [4.69, 9.17) is 5.26 Å². The minimum atomic E-state index is 0.693. The van der Waals surface area contributed by atoms with Crippen LogP contribution in [0.5, 0.6) is 0 Å². The van der Waals surface area contributed by atoms with Crippen LogP contribution in [-0.2, 0) is 6.54 Å². The van der Waals surface area contributed by atoms with Crippen molar-refractivity contribution in [3.8, 4) is 6.07 Å². The zero-order valence-electron chi connectivity index (χ0n) is 7.76. The summed E-state index contributed by atoms with van der Waals surface area (Å²) >= 11 is 3.27. The third kappa shape index (κ3) is 3.73. The number of halogens is 1. The maximum Gasteiger partial charge on any atom is 0.0991 e. The second kappa shape index (κ2) is 5.58. The first-order chi connectivity index (χ1) is 6.72. The molecule has 0 aliphatic rings. The van der Waals surface area contributed by atoms with E-state index in [0.29, 0.717) is 5.56 Å². The van der Waals surface area contributed by atoms with Crippen molar-refractivity contribution in [3.05, 3.63) is 46.5 Å². The fraction of sp³-hybridized carbons (Fsp3) is 0.182. The van der Waals surface area contributed by atoms with E-state index in [1.807, 2.05) is 24.3 Å². The zero-order chi connectivity index (χ0) is 10.4. The molecule has 0 atom stereocenters. The van der Waals surface area contributed by atoms with Crippen LogP contribution >= 0.6 is 15.9 Å². The molecule has 0 aliphatic carbocycles. The Morgan fingerprint density at radius 1 is 1.43 bits per heavy atom. The first kappa shape index (κ1) is 11.0. The van der Waals surface area contributed by atoms with Gasteiger partial charge in [-0.1, -0.05) is 34.6 Å². The molecule has 0 aliphatic heterocycles. The summed E-state index contributed by atoms with van der Waals surface area (Å²) in [6, 6.07) is 9.62. The second-order valence-corrected chi connectivity index (χ2v) is 4.05. The highest BCUT2D eigenvalue weighted by molar-refractivity contribution is 9.11. The molecule has 0 heterocycles. The van der Waals surface area contributed by atoms with Crippen molar-refractivity contribution in [1.29, 1.82) is 5.26 Å². The molecule has 0 radical (unpaired) electrons. The third-order valence-corrected chi connectivity index (χ3v) is 2.01. The van der Waals surface area contributed by atoms with E-state index in [-0.39, 0.29) is 0 Å². The van der Waals surface area contributed by atoms with E-state index in [9.17, 15) is 0 Å². The van der Waals surface area contributed by atoms with Crippen molar-refractivity contribution >= 4 is 15.9 Å². The van der Waals surface area contributed by atoms with E-state index in [2.05, 4.69) is 33.9 Å². The van der Waals surface area contributed by atoms with Gasteiger partial charge in [-0.25, -0.2) is 0 Å². The van der Waals surface area contributed by atoms with Crippen LogP contribution in [0.3, 0.4) is 0 Å². The summed E-state index contributed by atoms with van der Waals surface area (Å²) < 4.78 is 0.936. The molecule has 0 spiro atoms. The van der Waals surface area contributed by atoms with Crippen LogP contribution in [-0.4, -0.2) is 6.54 Å². The van der Waals surface area contributed by atoms with Gasteiger partial charge in [0, 0.05) is 17.6 Å². The molecule has 0 aromatic heterocycles. The van der Waals surface area contributed by atoms with Gasteiger partial charge in [-0.15, -0.1) is 0 Å². The normalized spacial score (nSPS) is 9.43. The van der Waals surface area contributed by atoms with Gasteiger partial charge < -0.3 is 5.32 Å². The van der Waals surface area contributed by atoms with E-state index in [0.717, 1.165) is 23.1 Å². The van der Waals surface area contributed by atoms with Crippen molar-refractivity contribution in [3.63, 3.8) is 0 Å². The predicted octanol–water partition coefficient (Wildman–Crippen LogP) is 2.56. The van der Waals surface area contributed by atoms with Crippen molar-refractivity contribution < 1.29 is 0 Å². The second-order valence-electron chi connectivity index (χ2n) is 2.93. The van der Waals surface area contributed by atoms with Crippen LogP contribution in [0.1, 0.15) is 11.1 Å². The Morgan fingerprint density at radius 2 is 2.07 bits per heavy atom. The zero-order valence-corrected chi connectivity index (χ0v) is 9.34. The summed E-state index contributed by atoms with van der Waals surface area (Å²) in [7, 11) is 0. The molecule has 0 saturated heterocycles. The molecule has 0 unspecified atom stereocenters. The fourth-order valence-electron chi connectivity index (χ4n) is 1.04. The summed E-state index contributed by atoms with van der Waals surface area (Å²) in [5.41, 5.74) is 1.86. The van der Waals surface area contributed by atoms with Crippen molar-refractivity contribution in [2.24, 2.45) is 0 Å². The van der Waals surface area contributed by atoms with Gasteiger partial charge in [-0.3, -0.25) is 0 Å². The number of nitrogens with one attached hydrogen (secondary N) is 1. The maximum atomic E-state index is 8.59. The smallest absolute Gasteiger partial charge is 0.0991 e. The SMILES string of the molecule is C=C(Br)CNCc1ccc(C#N)cc1. The monoisotopic (exact) mass is 250 g/mol. The fourth-order valence-corrected chi connectivity index (χ4v) is 1.24. The molecule has 1 rings (SSSR count). The maximum absolute atomic E-state index is 8.59. The lowest BCUT2D eigenvalue weighted by molar-refractivity contribution is 0.757. The molecule has 0 saturated carbocycles. The molecule has 2 nitrogen and oxygen atoms in total. The predicted molar refractivity (Wildman–Crippen MR) is 60.9 cm³/mol. The van der Waals surface area contributed by atoms with E-state index in [1.165, 1.54) is 0 Å². The van der Waals surface area contributed by atoms with Crippen molar-refractivity contribution in [1.82, 2.24) is 5.32 Å². The number of hydrogen-bond donors (Lipinski definition) is 1. The van der Waals surface area contributed by atoms with Gasteiger partial charge in [-0.2, -0.15) is 5.26 Å². The van der Waals surface area contributed by atoms with Crippen molar-refractivity contribution in [2.45, 2.75) is 6.54 Å². The minimum absolute atomic E-state index is 0.693. The number of rotatable bonds is 4. The van der Waals surface area contributed by atoms with Crippen LogP contribution in [0.4, 0.5) is 0 Å². The van der Waals surface area contributed by atoms with E-state index < -0.39 is 0 Å². The number of benzene rings is 1. The lowest BCUT2D eigenvalue weighted by Gasteiger charge is -2.03. The molecular weight excluding hydrogens is 240 g/mol. The van der Waals surface area contributed by atoms with Crippen LogP contribution in [0, 0.1) is 11.3 Å². The minimum Gasteiger partial charge on any atom is -0.308 e. The van der Waals surface area contributed by atoms with E-state index >= 15 is 0 Å². The molecule has 1 aromatic rings.